The van der Waals surface area contributed by atoms with Crippen molar-refractivity contribution in [3.8, 4) is 0 Å². The molecule has 0 fully saturated rings. The summed E-state index contributed by atoms with van der Waals surface area (Å²) in [6.45, 7) is 6.51. The van der Waals surface area contributed by atoms with Crippen LogP contribution in [0.25, 0.3) is 0 Å². The Morgan fingerprint density at radius 3 is 2.57 bits per heavy atom. The van der Waals surface area contributed by atoms with Crippen LogP contribution in [0.3, 0.4) is 0 Å². The molecule has 2 N–H and O–H groups in total. The molecule has 0 aliphatic carbocycles. The minimum atomic E-state index is -0.720. The van der Waals surface area contributed by atoms with Crippen molar-refractivity contribution >= 4 is 4.02 Å². The SMILES string of the molecule is Cc1cc(C(C)C)ccc1[C](=[W])NC(O)c1[c-]cccc1. The Balaban J connectivity index is 2.14. The van der Waals surface area contributed by atoms with Crippen LogP contribution in [-0.4, -0.2) is 9.13 Å². The van der Waals surface area contributed by atoms with Gasteiger partial charge in [0.2, 0.25) is 0 Å². The zero-order chi connectivity index (χ0) is 15.4. The second-order valence-electron chi connectivity index (χ2n) is 5.42. The zero-order valence-corrected chi connectivity index (χ0v) is 15.5. The summed E-state index contributed by atoms with van der Waals surface area (Å²) >= 11 is 1.31. The summed E-state index contributed by atoms with van der Waals surface area (Å²) in [7, 11) is 0. The number of aliphatic hydroxyl groups excluding tert-OH is 1. The molecule has 0 saturated heterocycles. The van der Waals surface area contributed by atoms with Gasteiger partial charge in [0.15, 0.2) is 0 Å². The van der Waals surface area contributed by atoms with Gasteiger partial charge in [0.05, 0.1) is 0 Å². The van der Waals surface area contributed by atoms with E-state index in [1.54, 1.807) is 0 Å². The number of rotatable bonds is 5. The van der Waals surface area contributed by atoms with E-state index in [1.807, 2.05) is 24.3 Å². The molecule has 1 atom stereocenters. The van der Waals surface area contributed by atoms with Crippen LogP contribution in [0.2, 0.25) is 0 Å². The standard InChI is InChI=1S/C18H20NO.W/c1-13(2)16-9-10-17(14(3)11-16)12-19-18(20)15-7-5-4-6-8-15;/h4-7,9-11,13,18-20H,1-3H3;/q-1;. The molecule has 0 spiro atoms. The molecule has 0 aromatic heterocycles. The number of aryl methyl sites for hydroxylation is 1. The molecular formula is C18H20NOW-. The Bertz CT molecular complexity index is 622. The van der Waals surface area contributed by atoms with Crippen molar-refractivity contribution in [2.75, 3.05) is 0 Å². The number of aliphatic hydroxyl groups is 1. The predicted molar refractivity (Wildman–Crippen MR) is 82.8 cm³/mol. The molecule has 0 aliphatic rings. The normalized spacial score (nSPS) is 12.4. The van der Waals surface area contributed by atoms with Crippen LogP contribution in [0.5, 0.6) is 0 Å². The van der Waals surface area contributed by atoms with Crippen LogP contribution < -0.4 is 5.32 Å². The quantitative estimate of drug-likeness (QED) is 0.542. The average Bonchev–Trinajstić information content (AvgIpc) is 2.47. The minimum absolute atomic E-state index is 0.530. The Hall–Kier alpha value is -1.08. The van der Waals surface area contributed by atoms with Gasteiger partial charge in [-0.1, -0.05) is 0 Å². The van der Waals surface area contributed by atoms with Crippen molar-refractivity contribution in [3.63, 3.8) is 0 Å². The van der Waals surface area contributed by atoms with E-state index >= 15 is 0 Å². The van der Waals surface area contributed by atoms with E-state index in [1.165, 1.54) is 36.0 Å². The fourth-order valence-electron chi connectivity index (χ4n) is 2.16. The van der Waals surface area contributed by atoms with Gasteiger partial charge in [-0.2, -0.15) is 0 Å². The van der Waals surface area contributed by atoms with Gasteiger partial charge in [0, 0.05) is 0 Å². The van der Waals surface area contributed by atoms with E-state index in [-0.39, 0.29) is 0 Å². The number of hydrogen-bond donors (Lipinski definition) is 2. The van der Waals surface area contributed by atoms with Gasteiger partial charge in [-0.15, -0.1) is 0 Å². The molecule has 0 aliphatic heterocycles. The first kappa shape index (κ1) is 16.3. The first-order valence-corrected chi connectivity index (χ1v) is 8.52. The van der Waals surface area contributed by atoms with Crippen LogP contribution >= 0.6 is 0 Å². The summed E-state index contributed by atoms with van der Waals surface area (Å²) in [5, 5.41) is 13.4. The van der Waals surface area contributed by atoms with E-state index in [0.29, 0.717) is 5.92 Å². The van der Waals surface area contributed by atoms with E-state index in [0.717, 1.165) is 9.59 Å². The topological polar surface area (TPSA) is 32.3 Å². The second kappa shape index (κ2) is 7.26. The van der Waals surface area contributed by atoms with Gasteiger partial charge >= 0.3 is 138 Å². The molecular weight excluding hydrogens is 430 g/mol. The van der Waals surface area contributed by atoms with Crippen molar-refractivity contribution in [3.05, 3.63) is 70.8 Å². The second-order valence-corrected chi connectivity index (χ2v) is 6.89. The monoisotopic (exact) mass is 450 g/mol. The summed E-state index contributed by atoms with van der Waals surface area (Å²) in [4.78, 5) is 0. The number of benzene rings is 2. The van der Waals surface area contributed by atoms with Crippen molar-refractivity contribution in [2.24, 2.45) is 0 Å². The molecule has 21 heavy (non-hydrogen) atoms. The van der Waals surface area contributed by atoms with Gasteiger partial charge in [-0.25, -0.2) is 0 Å². The molecule has 2 rings (SSSR count). The molecule has 3 heteroatoms. The molecule has 0 heterocycles. The third-order valence-corrected chi connectivity index (χ3v) is 4.67. The maximum atomic E-state index is 10.2. The molecule has 2 nitrogen and oxygen atoms in total. The fraction of sp³-hybridized carbons (Fsp3) is 0.278. The van der Waals surface area contributed by atoms with Crippen molar-refractivity contribution < 1.29 is 24.5 Å². The molecule has 2 aromatic carbocycles. The number of nitrogens with one attached hydrogen (secondary N) is 1. The van der Waals surface area contributed by atoms with E-state index < -0.39 is 6.23 Å². The summed E-state index contributed by atoms with van der Waals surface area (Å²) in [5.41, 5.74) is 4.51. The summed E-state index contributed by atoms with van der Waals surface area (Å²) in [5.74, 6) is 0.530. The molecule has 0 amide bonds. The van der Waals surface area contributed by atoms with E-state index in [2.05, 4.69) is 50.4 Å². The van der Waals surface area contributed by atoms with Gasteiger partial charge in [0.1, 0.15) is 0 Å². The molecule has 0 bridgehead atoms. The summed E-state index contributed by atoms with van der Waals surface area (Å²) in [6, 6.07) is 17.1. The fourth-order valence-corrected chi connectivity index (χ4v) is 3.38. The van der Waals surface area contributed by atoms with Gasteiger partial charge in [-0.3, -0.25) is 0 Å². The molecule has 2 aromatic rings. The zero-order valence-electron chi connectivity index (χ0n) is 12.6. The van der Waals surface area contributed by atoms with Gasteiger partial charge in [0.25, 0.3) is 0 Å². The Morgan fingerprint density at radius 1 is 1.24 bits per heavy atom. The molecule has 0 saturated carbocycles. The van der Waals surface area contributed by atoms with Crippen molar-refractivity contribution in [1.29, 1.82) is 0 Å². The van der Waals surface area contributed by atoms with Crippen LogP contribution in [-0.2, 0) is 19.4 Å². The molecule has 1 unspecified atom stereocenters. The average molecular weight is 450 g/mol. The van der Waals surface area contributed by atoms with Crippen LogP contribution in [0.4, 0.5) is 0 Å². The van der Waals surface area contributed by atoms with Crippen molar-refractivity contribution in [1.82, 2.24) is 5.32 Å². The first-order valence-electron chi connectivity index (χ1n) is 7.05. The third kappa shape index (κ3) is 4.20. The number of hydrogen-bond acceptors (Lipinski definition) is 2. The van der Waals surface area contributed by atoms with Crippen molar-refractivity contribution in [2.45, 2.75) is 32.9 Å². The van der Waals surface area contributed by atoms with Crippen LogP contribution in [0, 0.1) is 13.0 Å². The maximum absolute atomic E-state index is 10.2. The van der Waals surface area contributed by atoms with Gasteiger partial charge in [-0.05, 0) is 0 Å². The van der Waals surface area contributed by atoms with Gasteiger partial charge < -0.3 is 0 Å². The first-order chi connectivity index (χ1) is 9.99. The Morgan fingerprint density at radius 2 is 2.00 bits per heavy atom. The Kier molecular flexibility index (Phi) is 5.63. The van der Waals surface area contributed by atoms with E-state index in [9.17, 15) is 5.11 Å². The summed E-state index contributed by atoms with van der Waals surface area (Å²) < 4.78 is 1.05. The van der Waals surface area contributed by atoms with E-state index in [4.69, 9.17) is 0 Å². The van der Waals surface area contributed by atoms with Crippen LogP contribution in [0.15, 0.2) is 42.5 Å². The molecule has 0 radical (unpaired) electrons. The van der Waals surface area contributed by atoms with Crippen LogP contribution in [0.1, 0.15) is 48.2 Å². The predicted octanol–water partition coefficient (Wildman–Crippen LogP) is 3.22. The molecule has 110 valence electrons. The third-order valence-electron chi connectivity index (χ3n) is 3.46. The Labute approximate surface area is 137 Å². The summed E-state index contributed by atoms with van der Waals surface area (Å²) in [6.07, 6.45) is -0.720.